The van der Waals surface area contributed by atoms with E-state index in [9.17, 15) is 13.2 Å². The molecule has 0 atom stereocenters. The van der Waals surface area contributed by atoms with Crippen LogP contribution in [0.2, 0.25) is 0 Å². The Bertz CT molecular complexity index is 1220. The molecular formula is C26H28N2O4S. The molecule has 33 heavy (non-hydrogen) atoms. The molecule has 172 valence electrons. The Morgan fingerprint density at radius 3 is 2.39 bits per heavy atom. The second-order valence-corrected chi connectivity index (χ2v) is 9.97. The number of amides is 1. The van der Waals surface area contributed by atoms with Gasteiger partial charge < -0.3 is 9.64 Å². The van der Waals surface area contributed by atoms with Crippen molar-refractivity contribution < 1.29 is 17.9 Å². The van der Waals surface area contributed by atoms with Gasteiger partial charge in [-0.1, -0.05) is 30.3 Å². The first-order chi connectivity index (χ1) is 15.9. The van der Waals surface area contributed by atoms with Gasteiger partial charge in [-0.05, 0) is 72.9 Å². The van der Waals surface area contributed by atoms with Crippen LogP contribution in [0.5, 0.6) is 5.75 Å². The predicted molar refractivity (Wildman–Crippen MR) is 130 cm³/mol. The van der Waals surface area contributed by atoms with Crippen LogP contribution in [0.3, 0.4) is 0 Å². The maximum atomic E-state index is 13.3. The average Bonchev–Trinajstić information content (AvgIpc) is 2.86. The third kappa shape index (κ3) is 4.88. The topological polar surface area (TPSA) is 66.9 Å². The van der Waals surface area contributed by atoms with Crippen LogP contribution in [0, 0.1) is 0 Å². The molecule has 0 N–H and O–H groups in total. The molecule has 1 aliphatic rings. The summed E-state index contributed by atoms with van der Waals surface area (Å²) in [6.07, 6.45) is 2.55. The molecule has 0 saturated carbocycles. The Balaban J connectivity index is 1.41. The van der Waals surface area contributed by atoms with E-state index in [0.717, 1.165) is 41.1 Å². The van der Waals surface area contributed by atoms with Gasteiger partial charge >= 0.3 is 0 Å². The first-order valence-corrected chi connectivity index (χ1v) is 12.4. The zero-order valence-electron chi connectivity index (χ0n) is 18.9. The van der Waals surface area contributed by atoms with Gasteiger partial charge in [-0.25, -0.2) is 8.42 Å². The van der Waals surface area contributed by atoms with Crippen molar-refractivity contribution in [3.63, 3.8) is 0 Å². The molecule has 1 heterocycles. The van der Waals surface area contributed by atoms with Gasteiger partial charge in [-0.3, -0.25) is 9.10 Å². The number of anilines is 2. The predicted octanol–water partition coefficient (Wildman–Crippen LogP) is 4.43. The van der Waals surface area contributed by atoms with Crippen molar-refractivity contribution in [2.45, 2.75) is 30.6 Å². The van der Waals surface area contributed by atoms with E-state index in [1.54, 1.807) is 43.3 Å². The number of rotatable bonds is 7. The largest absolute Gasteiger partial charge is 0.497 e. The fourth-order valence-corrected chi connectivity index (χ4v) is 5.61. The van der Waals surface area contributed by atoms with E-state index in [1.165, 1.54) is 4.31 Å². The van der Waals surface area contributed by atoms with Crippen LogP contribution in [0.1, 0.15) is 24.0 Å². The van der Waals surface area contributed by atoms with Gasteiger partial charge in [-0.15, -0.1) is 0 Å². The molecule has 0 aliphatic carbocycles. The third-order valence-electron chi connectivity index (χ3n) is 6.04. The molecule has 0 bridgehead atoms. The molecule has 3 aromatic carbocycles. The van der Waals surface area contributed by atoms with Crippen LogP contribution < -0.4 is 13.9 Å². The number of carbonyl (C=O) groups is 1. The van der Waals surface area contributed by atoms with Crippen molar-refractivity contribution in [1.29, 1.82) is 0 Å². The Morgan fingerprint density at radius 1 is 1.00 bits per heavy atom. The molecule has 1 aliphatic heterocycles. The number of benzene rings is 3. The van der Waals surface area contributed by atoms with Crippen molar-refractivity contribution in [3.8, 4) is 5.75 Å². The number of hydrogen-bond donors (Lipinski definition) is 0. The number of fused-ring (bicyclic) bond motifs is 1. The number of para-hydroxylation sites is 1. The lowest BCUT2D eigenvalue weighted by Crippen LogP contribution is -2.35. The fraction of sp³-hybridized carbons (Fsp3) is 0.269. The Morgan fingerprint density at radius 2 is 1.70 bits per heavy atom. The second-order valence-electron chi connectivity index (χ2n) is 8.10. The molecule has 0 saturated heterocycles. The van der Waals surface area contributed by atoms with Crippen LogP contribution in [0.25, 0.3) is 0 Å². The summed E-state index contributed by atoms with van der Waals surface area (Å²) >= 11 is 0. The Labute approximate surface area is 195 Å². The van der Waals surface area contributed by atoms with E-state index in [1.807, 2.05) is 48.5 Å². The zero-order chi connectivity index (χ0) is 23.4. The van der Waals surface area contributed by atoms with Gasteiger partial charge in [-0.2, -0.15) is 0 Å². The highest BCUT2D eigenvalue weighted by molar-refractivity contribution is 7.92. The highest BCUT2D eigenvalue weighted by Crippen LogP contribution is 2.31. The molecule has 0 fully saturated rings. The maximum absolute atomic E-state index is 13.3. The van der Waals surface area contributed by atoms with Crippen LogP contribution in [0.15, 0.2) is 77.7 Å². The van der Waals surface area contributed by atoms with Crippen molar-refractivity contribution in [1.82, 2.24) is 0 Å². The van der Waals surface area contributed by atoms with Crippen molar-refractivity contribution in [2.75, 3.05) is 29.9 Å². The minimum atomic E-state index is -3.63. The summed E-state index contributed by atoms with van der Waals surface area (Å²) in [6, 6.07) is 21.9. The molecule has 0 spiro atoms. The number of carbonyl (C=O) groups excluding carboxylic acids is 1. The normalized spacial score (nSPS) is 13.3. The summed E-state index contributed by atoms with van der Waals surface area (Å²) in [7, 11) is -0.281. The summed E-state index contributed by atoms with van der Waals surface area (Å²) < 4.78 is 33.2. The van der Waals surface area contributed by atoms with Crippen LogP contribution in [-0.2, 0) is 27.7 Å². The number of sulfonamides is 1. The number of aryl methyl sites for hydroxylation is 2. The van der Waals surface area contributed by atoms with E-state index in [4.69, 9.17) is 4.74 Å². The lowest BCUT2D eigenvalue weighted by atomic mass is 10.0. The lowest BCUT2D eigenvalue weighted by molar-refractivity contribution is -0.118. The monoisotopic (exact) mass is 464 g/mol. The maximum Gasteiger partial charge on any atom is 0.264 e. The number of methoxy groups -OCH3 is 1. The van der Waals surface area contributed by atoms with E-state index in [0.29, 0.717) is 19.4 Å². The minimum Gasteiger partial charge on any atom is -0.497 e. The first kappa shape index (κ1) is 22.9. The summed E-state index contributed by atoms with van der Waals surface area (Å²) in [5.74, 6) is 0.726. The lowest BCUT2D eigenvalue weighted by Gasteiger charge is -2.30. The SMILES string of the molecule is COc1ccc(N(C)C(=O)CCc2ccc(S(=O)(=O)N3CCCc4ccccc43)cc2)cc1. The number of ether oxygens (including phenoxy) is 1. The highest BCUT2D eigenvalue weighted by Gasteiger charge is 2.28. The summed E-state index contributed by atoms with van der Waals surface area (Å²) in [4.78, 5) is 14.5. The van der Waals surface area contributed by atoms with E-state index in [2.05, 4.69) is 0 Å². The van der Waals surface area contributed by atoms with Crippen LogP contribution in [0.4, 0.5) is 11.4 Å². The van der Waals surface area contributed by atoms with Crippen molar-refractivity contribution in [3.05, 3.63) is 83.9 Å². The third-order valence-corrected chi connectivity index (χ3v) is 7.87. The van der Waals surface area contributed by atoms with Crippen molar-refractivity contribution in [2.24, 2.45) is 0 Å². The summed E-state index contributed by atoms with van der Waals surface area (Å²) in [5, 5.41) is 0. The molecule has 4 rings (SSSR count). The zero-order valence-corrected chi connectivity index (χ0v) is 19.7. The highest BCUT2D eigenvalue weighted by atomic mass is 32.2. The van der Waals surface area contributed by atoms with Crippen LogP contribution >= 0.6 is 0 Å². The molecule has 1 amide bonds. The van der Waals surface area contributed by atoms with Crippen molar-refractivity contribution >= 4 is 27.3 Å². The van der Waals surface area contributed by atoms with Gasteiger partial charge in [0.05, 0.1) is 17.7 Å². The molecule has 7 heteroatoms. The fourth-order valence-electron chi connectivity index (χ4n) is 4.07. The van der Waals surface area contributed by atoms with E-state index >= 15 is 0 Å². The van der Waals surface area contributed by atoms with E-state index < -0.39 is 10.0 Å². The molecular weight excluding hydrogens is 436 g/mol. The Kier molecular flexibility index (Phi) is 6.70. The van der Waals surface area contributed by atoms with Gasteiger partial charge in [0, 0.05) is 25.7 Å². The summed E-state index contributed by atoms with van der Waals surface area (Å²) in [5.41, 5.74) is 3.54. The molecule has 0 aromatic heterocycles. The molecule has 3 aromatic rings. The number of nitrogens with zero attached hydrogens (tertiary/aromatic N) is 2. The van der Waals surface area contributed by atoms with Crippen LogP contribution in [-0.4, -0.2) is 35.0 Å². The number of hydrogen-bond acceptors (Lipinski definition) is 4. The minimum absolute atomic E-state index is 0.0122. The standard InChI is InChI=1S/C26H28N2O4S/c1-27(22-12-14-23(32-2)15-13-22)26(29)18-11-20-9-16-24(17-10-20)33(30,31)28-19-5-7-21-6-3-4-8-25(21)28/h3-4,6,8-10,12-17H,5,7,11,18-19H2,1-2H3. The van der Waals surface area contributed by atoms with Gasteiger partial charge in [0.2, 0.25) is 5.91 Å². The molecule has 6 nitrogen and oxygen atoms in total. The second kappa shape index (κ2) is 9.67. The Hall–Kier alpha value is -3.32. The van der Waals surface area contributed by atoms with Gasteiger partial charge in [0.1, 0.15) is 5.75 Å². The summed E-state index contributed by atoms with van der Waals surface area (Å²) in [6.45, 7) is 0.479. The van der Waals surface area contributed by atoms with Gasteiger partial charge in [0.15, 0.2) is 0 Å². The van der Waals surface area contributed by atoms with E-state index in [-0.39, 0.29) is 10.8 Å². The smallest absolute Gasteiger partial charge is 0.264 e. The quantitative estimate of drug-likeness (QED) is 0.519. The van der Waals surface area contributed by atoms with Gasteiger partial charge in [0.25, 0.3) is 10.0 Å². The average molecular weight is 465 g/mol. The molecule has 0 unspecified atom stereocenters. The first-order valence-electron chi connectivity index (χ1n) is 11.0. The molecule has 0 radical (unpaired) electrons.